The molecule has 1 aromatic carbocycles. The van der Waals surface area contributed by atoms with Crippen LogP contribution < -0.4 is 9.47 Å². The van der Waals surface area contributed by atoms with Crippen molar-refractivity contribution >= 4 is 17.1 Å². The minimum absolute atomic E-state index is 0.0694. The smallest absolute Gasteiger partial charge is 0.187 e. The van der Waals surface area contributed by atoms with E-state index in [1.54, 1.807) is 20.3 Å². The first kappa shape index (κ1) is 12.7. The van der Waals surface area contributed by atoms with E-state index in [2.05, 4.69) is 0 Å². The summed E-state index contributed by atoms with van der Waals surface area (Å²) in [6.07, 6.45) is 4.01. The molecule has 0 saturated heterocycles. The van der Waals surface area contributed by atoms with Crippen molar-refractivity contribution < 1.29 is 19.1 Å². The maximum Gasteiger partial charge on any atom is 0.187 e. The van der Waals surface area contributed by atoms with Gasteiger partial charge in [-0.25, -0.2) is 0 Å². The number of aryl methyl sites for hydroxylation is 1. The molecule has 0 bridgehead atoms. The highest BCUT2D eigenvalue weighted by molar-refractivity contribution is 6.36. The van der Waals surface area contributed by atoms with Gasteiger partial charge in [-0.05, 0) is 48.3 Å². The van der Waals surface area contributed by atoms with Gasteiger partial charge in [-0.15, -0.1) is 0 Å². The van der Waals surface area contributed by atoms with Crippen molar-refractivity contribution in [2.75, 3.05) is 14.2 Å². The summed E-state index contributed by atoms with van der Waals surface area (Å²) in [6.45, 7) is 0. The number of carbonyl (C=O) groups is 2. The monoisotopic (exact) mass is 270 g/mol. The van der Waals surface area contributed by atoms with E-state index in [1.165, 1.54) is 12.2 Å². The number of carbonyl (C=O) groups excluding carboxylic acids is 2. The molecule has 1 aromatic rings. The van der Waals surface area contributed by atoms with Gasteiger partial charge in [0.2, 0.25) is 0 Å². The molecule has 0 saturated carbocycles. The Kier molecular flexibility index (Phi) is 2.93. The zero-order valence-electron chi connectivity index (χ0n) is 11.4. The van der Waals surface area contributed by atoms with Crippen LogP contribution in [0.2, 0.25) is 0 Å². The molecule has 0 radical (unpaired) electrons. The van der Waals surface area contributed by atoms with E-state index in [0.29, 0.717) is 29.1 Å². The lowest BCUT2D eigenvalue weighted by Crippen LogP contribution is -2.19. The van der Waals surface area contributed by atoms with Crippen LogP contribution in [0.25, 0.3) is 5.57 Å². The number of ether oxygens (including phenoxy) is 2. The molecule has 0 N–H and O–H groups in total. The van der Waals surface area contributed by atoms with E-state index < -0.39 is 0 Å². The summed E-state index contributed by atoms with van der Waals surface area (Å²) in [4.78, 5) is 24.0. The third kappa shape index (κ3) is 1.76. The molecule has 4 nitrogen and oxygen atoms in total. The van der Waals surface area contributed by atoms with E-state index in [9.17, 15) is 9.59 Å². The van der Waals surface area contributed by atoms with Crippen molar-refractivity contribution in [1.82, 2.24) is 0 Å². The highest BCUT2D eigenvalue weighted by Crippen LogP contribution is 2.40. The summed E-state index contributed by atoms with van der Waals surface area (Å²) in [5.41, 5.74) is 2.92. The number of fused-ring (bicyclic) bond motifs is 2. The lowest BCUT2D eigenvalue weighted by atomic mass is 9.79. The van der Waals surface area contributed by atoms with Crippen molar-refractivity contribution in [3.63, 3.8) is 0 Å². The Labute approximate surface area is 116 Å². The van der Waals surface area contributed by atoms with Gasteiger partial charge in [-0.3, -0.25) is 9.59 Å². The van der Waals surface area contributed by atoms with E-state index in [4.69, 9.17) is 9.47 Å². The predicted octanol–water partition coefficient (Wildman–Crippen LogP) is 2.11. The summed E-state index contributed by atoms with van der Waals surface area (Å²) >= 11 is 0. The third-order valence-electron chi connectivity index (χ3n) is 3.75. The number of allylic oxidation sites excluding steroid dienone is 4. The molecule has 20 heavy (non-hydrogen) atoms. The molecule has 0 heterocycles. The van der Waals surface area contributed by atoms with Gasteiger partial charge in [-0.2, -0.15) is 0 Å². The van der Waals surface area contributed by atoms with Crippen molar-refractivity contribution in [1.29, 1.82) is 0 Å². The molecule has 3 rings (SSSR count). The highest BCUT2D eigenvalue weighted by atomic mass is 16.5. The van der Waals surface area contributed by atoms with Crippen LogP contribution >= 0.6 is 0 Å². The topological polar surface area (TPSA) is 52.6 Å². The van der Waals surface area contributed by atoms with Gasteiger partial charge < -0.3 is 9.47 Å². The van der Waals surface area contributed by atoms with Crippen LogP contribution in [-0.4, -0.2) is 25.8 Å². The maximum atomic E-state index is 12.1. The average Bonchev–Trinajstić information content (AvgIpc) is 2.48. The van der Waals surface area contributed by atoms with Gasteiger partial charge >= 0.3 is 0 Å². The average molecular weight is 270 g/mol. The number of rotatable bonds is 2. The van der Waals surface area contributed by atoms with Gasteiger partial charge in [0.15, 0.2) is 23.1 Å². The predicted molar refractivity (Wildman–Crippen MR) is 73.9 cm³/mol. The first-order chi connectivity index (χ1) is 9.65. The van der Waals surface area contributed by atoms with E-state index >= 15 is 0 Å². The van der Waals surface area contributed by atoms with E-state index in [-0.39, 0.29) is 11.6 Å². The molecule has 0 amide bonds. The maximum absolute atomic E-state index is 12.1. The van der Waals surface area contributed by atoms with E-state index in [0.717, 1.165) is 17.5 Å². The molecular formula is C16H14O4. The Morgan fingerprint density at radius 1 is 0.900 bits per heavy atom. The highest BCUT2D eigenvalue weighted by Gasteiger charge is 2.30. The first-order valence-electron chi connectivity index (χ1n) is 6.41. The molecule has 0 atom stereocenters. The molecular weight excluding hydrogens is 256 g/mol. The van der Waals surface area contributed by atoms with Crippen LogP contribution in [0.4, 0.5) is 0 Å². The normalized spacial score (nSPS) is 16.9. The molecule has 102 valence electrons. The lowest BCUT2D eigenvalue weighted by Gasteiger charge is -2.24. The standard InChI is InChI=1S/C16H14O4/c1-19-14-7-9-3-4-10-12(17)5-6-13(18)16(10)11(9)8-15(14)20-2/h5-8H,3-4H2,1-2H3. The summed E-state index contributed by atoms with van der Waals surface area (Å²) < 4.78 is 10.6. The number of ketones is 2. The van der Waals surface area contributed by atoms with Crippen molar-refractivity contribution in [2.24, 2.45) is 0 Å². The zero-order valence-corrected chi connectivity index (χ0v) is 11.4. The van der Waals surface area contributed by atoms with Gasteiger partial charge in [0, 0.05) is 11.1 Å². The molecule has 2 aliphatic rings. The molecule has 2 aliphatic carbocycles. The number of benzene rings is 1. The second-order valence-electron chi connectivity index (χ2n) is 4.78. The van der Waals surface area contributed by atoms with Crippen molar-refractivity contribution in [3.05, 3.63) is 41.0 Å². The van der Waals surface area contributed by atoms with Gasteiger partial charge in [0.05, 0.1) is 14.2 Å². The number of hydrogen-bond donors (Lipinski definition) is 0. The second-order valence-corrected chi connectivity index (χ2v) is 4.78. The Bertz CT molecular complexity index is 680. The first-order valence-corrected chi connectivity index (χ1v) is 6.41. The molecule has 0 aliphatic heterocycles. The van der Waals surface area contributed by atoms with Crippen LogP contribution in [0.15, 0.2) is 29.9 Å². The fourth-order valence-electron chi connectivity index (χ4n) is 2.77. The minimum atomic E-state index is -0.118. The number of hydrogen-bond acceptors (Lipinski definition) is 4. The van der Waals surface area contributed by atoms with Crippen LogP contribution in [0.3, 0.4) is 0 Å². The Morgan fingerprint density at radius 3 is 2.25 bits per heavy atom. The SMILES string of the molecule is COc1cc2c(cc1OC)C1=C(CC2)C(=O)C=CC1=O. The molecule has 0 spiro atoms. The summed E-state index contributed by atoms with van der Waals surface area (Å²) in [5, 5.41) is 0. The largest absolute Gasteiger partial charge is 0.493 e. The lowest BCUT2D eigenvalue weighted by molar-refractivity contribution is -0.114. The Balaban J connectivity index is 2.22. The van der Waals surface area contributed by atoms with E-state index in [1.807, 2.05) is 6.07 Å². The van der Waals surface area contributed by atoms with Crippen molar-refractivity contribution in [2.45, 2.75) is 12.8 Å². The number of methoxy groups -OCH3 is 2. The fourth-order valence-corrected chi connectivity index (χ4v) is 2.77. The molecule has 0 unspecified atom stereocenters. The summed E-state index contributed by atoms with van der Waals surface area (Å²) in [5.74, 6) is 1.02. The third-order valence-corrected chi connectivity index (χ3v) is 3.75. The molecule has 0 aromatic heterocycles. The van der Waals surface area contributed by atoms with Crippen LogP contribution in [-0.2, 0) is 16.0 Å². The minimum Gasteiger partial charge on any atom is -0.493 e. The van der Waals surface area contributed by atoms with Crippen LogP contribution in [0.1, 0.15) is 17.5 Å². The van der Waals surface area contributed by atoms with Gasteiger partial charge in [0.1, 0.15) is 0 Å². The zero-order chi connectivity index (χ0) is 14.3. The molecule has 4 heteroatoms. The fraction of sp³-hybridized carbons (Fsp3) is 0.250. The Morgan fingerprint density at radius 2 is 1.55 bits per heavy atom. The Hall–Kier alpha value is -2.36. The molecule has 0 fully saturated rings. The van der Waals surface area contributed by atoms with Gasteiger partial charge in [0.25, 0.3) is 0 Å². The second kappa shape index (κ2) is 4.63. The quantitative estimate of drug-likeness (QED) is 0.772. The summed E-state index contributed by atoms with van der Waals surface area (Å²) in [7, 11) is 3.13. The van der Waals surface area contributed by atoms with Crippen LogP contribution in [0.5, 0.6) is 11.5 Å². The van der Waals surface area contributed by atoms with Crippen LogP contribution in [0, 0.1) is 0 Å². The van der Waals surface area contributed by atoms with Gasteiger partial charge in [-0.1, -0.05) is 0 Å². The summed E-state index contributed by atoms with van der Waals surface area (Å²) in [6, 6.07) is 3.67. The van der Waals surface area contributed by atoms with Crippen molar-refractivity contribution in [3.8, 4) is 11.5 Å².